The summed E-state index contributed by atoms with van der Waals surface area (Å²) in [6.45, 7) is 1.85. The van der Waals surface area contributed by atoms with Crippen LogP contribution in [0.25, 0.3) is 32.4 Å². The number of nitrogens with zero attached hydrogens (tertiary/aromatic N) is 5. The van der Waals surface area contributed by atoms with Gasteiger partial charge in [-0.25, -0.2) is 0 Å². The molecule has 8 nitrogen and oxygen atoms in total. The zero-order valence-corrected chi connectivity index (χ0v) is 21.6. The number of hydrogen-bond acceptors (Lipinski definition) is 7. The Morgan fingerprint density at radius 3 is 2.61 bits per heavy atom. The molecular formula is C26H17ClN6O2Se. The van der Waals surface area contributed by atoms with Gasteiger partial charge in [-0.2, -0.15) is 0 Å². The first-order valence-electron chi connectivity index (χ1n) is 10.7. The first-order chi connectivity index (χ1) is 17.4. The number of fused-ring (bicyclic) bond motifs is 1. The topological polar surface area (TPSA) is 114 Å². The number of ether oxygens (including phenoxy) is 1. The predicted molar refractivity (Wildman–Crippen MR) is 138 cm³/mol. The number of rotatable bonds is 5. The standard InChI is InChI=1S/C26H17ClN6O2Se/c1-14-9-18(19-10-17(27)7-8-22(19)35-2)20(12-29-14)24(34)33-26-32-23-25(36-26)31-21(13-30-23)16-5-3-15(11-28)4-6-16/h3-10,12-13H,1-2H3,(H,30,32,33,34). The average molecular weight is 560 g/mol. The van der Waals surface area contributed by atoms with Crippen LogP contribution in [0.1, 0.15) is 21.6 Å². The van der Waals surface area contributed by atoms with Crippen molar-refractivity contribution < 1.29 is 9.53 Å². The molecule has 5 aromatic rings. The molecule has 1 amide bonds. The van der Waals surface area contributed by atoms with Crippen LogP contribution in [-0.2, 0) is 0 Å². The number of pyridine rings is 1. The van der Waals surface area contributed by atoms with E-state index in [1.807, 2.05) is 25.1 Å². The molecule has 0 radical (unpaired) electrons. The third-order valence-electron chi connectivity index (χ3n) is 5.39. The molecule has 0 bridgehead atoms. The number of carbonyl (C=O) groups is 1. The summed E-state index contributed by atoms with van der Waals surface area (Å²) in [5.41, 5.74) is 5.06. The normalized spacial score (nSPS) is 10.7. The third kappa shape index (κ3) is 4.70. The number of aryl methyl sites for hydroxylation is 1. The Hall–Kier alpha value is -4.09. The second kappa shape index (κ2) is 9.88. The van der Waals surface area contributed by atoms with Gasteiger partial charge in [-0.3, -0.25) is 0 Å². The van der Waals surface area contributed by atoms with Gasteiger partial charge in [-0.15, -0.1) is 0 Å². The molecule has 36 heavy (non-hydrogen) atoms. The SMILES string of the molecule is COc1ccc(Cl)cc1-c1cc(C)ncc1C(=O)Nc1nc2ncc(-c3ccc(C#N)cc3)nc2[se]1. The molecule has 3 heterocycles. The molecule has 1 N–H and O–H groups in total. The first-order valence-corrected chi connectivity index (χ1v) is 12.8. The van der Waals surface area contributed by atoms with Gasteiger partial charge in [0.1, 0.15) is 0 Å². The van der Waals surface area contributed by atoms with Crippen molar-refractivity contribution in [2.24, 2.45) is 0 Å². The van der Waals surface area contributed by atoms with Crippen LogP contribution in [-0.4, -0.2) is 47.5 Å². The Bertz CT molecular complexity index is 1660. The summed E-state index contributed by atoms with van der Waals surface area (Å²) >= 11 is 5.90. The molecule has 0 saturated heterocycles. The molecule has 10 heteroatoms. The summed E-state index contributed by atoms with van der Waals surface area (Å²) in [5.74, 6) is 0.248. The van der Waals surface area contributed by atoms with Gasteiger partial charge in [-0.05, 0) is 0 Å². The van der Waals surface area contributed by atoms with E-state index in [0.29, 0.717) is 49.1 Å². The van der Waals surface area contributed by atoms with Crippen molar-refractivity contribution in [1.29, 1.82) is 5.26 Å². The molecule has 5 rings (SSSR count). The van der Waals surface area contributed by atoms with Crippen LogP contribution in [0, 0.1) is 18.3 Å². The maximum atomic E-state index is 13.3. The van der Waals surface area contributed by atoms with Crippen LogP contribution < -0.4 is 10.1 Å². The van der Waals surface area contributed by atoms with Gasteiger partial charge in [0.25, 0.3) is 0 Å². The monoisotopic (exact) mass is 560 g/mol. The molecule has 3 aromatic heterocycles. The Balaban J connectivity index is 1.47. The van der Waals surface area contributed by atoms with E-state index < -0.39 is 0 Å². The fraction of sp³-hybridized carbons (Fsp3) is 0.0769. The maximum absolute atomic E-state index is 13.3. The molecule has 0 atom stereocenters. The molecule has 0 saturated carbocycles. The fourth-order valence-corrected chi connectivity index (χ4v) is 5.48. The summed E-state index contributed by atoms with van der Waals surface area (Å²) in [4.78, 5) is 31.2. The van der Waals surface area contributed by atoms with Crippen molar-refractivity contribution in [1.82, 2.24) is 19.9 Å². The van der Waals surface area contributed by atoms with Crippen LogP contribution in [0.4, 0.5) is 4.69 Å². The minimum atomic E-state index is -0.347. The molecule has 2 aromatic carbocycles. The summed E-state index contributed by atoms with van der Waals surface area (Å²) < 4.78 is 6.73. The van der Waals surface area contributed by atoms with E-state index in [1.54, 1.807) is 43.6 Å². The number of aromatic nitrogens is 4. The summed E-state index contributed by atoms with van der Waals surface area (Å²) in [7, 11) is 1.57. The molecule has 0 unspecified atom stereocenters. The van der Waals surface area contributed by atoms with E-state index in [9.17, 15) is 4.79 Å². The van der Waals surface area contributed by atoms with Gasteiger partial charge < -0.3 is 0 Å². The fourth-order valence-electron chi connectivity index (χ4n) is 3.65. The van der Waals surface area contributed by atoms with Gasteiger partial charge >= 0.3 is 218 Å². The van der Waals surface area contributed by atoms with Crippen molar-refractivity contribution in [3.05, 3.63) is 82.8 Å². The zero-order chi connectivity index (χ0) is 25.2. The van der Waals surface area contributed by atoms with Crippen LogP contribution in [0.2, 0.25) is 5.02 Å². The van der Waals surface area contributed by atoms with Crippen molar-refractivity contribution >= 4 is 46.7 Å². The van der Waals surface area contributed by atoms with Crippen LogP contribution in [0.3, 0.4) is 0 Å². The van der Waals surface area contributed by atoms with Gasteiger partial charge in [0.05, 0.1) is 0 Å². The van der Waals surface area contributed by atoms with Crippen molar-refractivity contribution in [2.75, 3.05) is 12.4 Å². The molecule has 0 spiro atoms. The second-order valence-corrected chi connectivity index (χ2v) is 10.2. The number of hydrogen-bond donors (Lipinski definition) is 1. The molecule has 0 aliphatic heterocycles. The number of halogens is 1. The summed E-state index contributed by atoms with van der Waals surface area (Å²) in [5, 5.41) is 12.4. The number of carbonyl (C=O) groups excluding carboxylic acids is 1. The van der Waals surface area contributed by atoms with Crippen LogP contribution >= 0.6 is 11.6 Å². The quantitative estimate of drug-likeness (QED) is 0.305. The summed E-state index contributed by atoms with van der Waals surface area (Å²) in [6.07, 6.45) is 3.17. The van der Waals surface area contributed by atoms with Crippen molar-refractivity contribution in [2.45, 2.75) is 6.92 Å². The molecular weight excluding hydrogens is 543 g/mol. The average Bonchev–Trinajstić information content (AvgIpc) is 3.30. The number of amides is 1. The Morgan fingerprint density at radius 1 is 1.06 bits per heavy atom. The number of nitriles is 1. The van der Waals surface area contributed by atoms with Crippen LogP contribution in [0.15, 0.2) is 60.9 Å². The predicted octanol–water partition coefficient (Wildman–Crippen LogP) is 4.91. The van der Waals surface area contributed by atoms with E-state index in [4.69, 9.17) is 26.6 Å². The number of methoxy groups -OCH3 is 1. The second-order valence-electron chi connectivity index (χ2n) is 7.76. The number of anilines is 1. The molecule has 176 valence electrons. The van der Waals surface area contributed by atoms with E-state index in [0.717, 1.165) is 15.6 Å². The summed E-state index contributed by atoms with van der Waals surface area (Å²) in [6, 6.07) is 16.3. The molecule has 0 aliphatic carbocycles. The first kappa shape index (κ1) is 23.6. The van der Waals surface area contributed by atoms with Crippen molar-refractivity contribution in [3.8, 4) is 34.2 Å². The Labute approximate surface area is 217 Å². The van der Waals surface area contributed by atoms with Crippen LogP contribution in [0.5, 0.6) is 5.75 Å². The van der Waals surface area contributed by atoms with Gasteiger partial charge in [-0.1, -0.05) is 0 Å². The van der Waals surface area contributed by atoms with Gasteiger partial charge in [0.15, 0.2) is 0 Å². The minimum absolute atomic E-state index is 0.341. The van der Waals surface area contributed by atoms with Gasteiger partial charge in [0.2, 0.25) is 0 Å². The van der Waals surface area contributed by atoms with E-state index in [1.165, 1.54) is 6.20 Å². The van der Waals surface area contributed by atoms with Gasteiger partial charge in [0, 0.05) is 0 Å². The molecule has 0 fully saturated rings. The Kier molecular flexibility index (Phi) is 6.49. The van der Waals surface area contributed by atoms with E-state index >= 15 is 0 Å². The van der Waals surface area contributed by atoms with E-state index in [-0.39, 0.29) is 20.4 Å². The Morgan fingerprint density at radius 2 is 1.86 bits per heavy atom. The van der Waals surface area contributed by atoms with Crippen molar-refractivity contribution in [3.63, 3.8) is 0 Å². The number of benzene rings is 2. The van der Waals surface area contributed by atoms with E-state index in [2.05, 4.69) is 26.3 Å². The zero-order valence-electron chi connectivity index (χ0n) is 19.1. The number of nitrogens with one attached hydrogen (secondary N) is 1. The third-order valence-corrected chi connectivity index (χ3v) is 7.42. The molecule has 0 aliphatic rings.